The van der Waals surface area contributed by atoms with Crippen molar-refractivity contribution in [1.29, 1.82) is 0 Å². The highest BCUT2D eigenvalue weighted by Crippen LogP contribution is 2.07. The van der Waals surface area contributed by atoms with Gasteiger partial charge in [0.05, 0.1) is 12.2 Å². The Balaban J connectivity index is 4.10. The van der Waals surface area contributed by atoms with Gasteiger partial charge in [0.25, 0.3) is 0 Å². The number of amides is 2. The van der Waals surface area contributed by atoms with E-state index in [1.54, 1.807) is 20.8 Å². The second kappa shape index (κ2) is 7.29. The first-order valence-electron chi connectivity index (χ1n) is 5.83. The molecule has 2 amide bonds. The van der Waals surface area contributed by atoms with Crippen LogP contribution < -0.4 is 15.4 Å². The number of sulfonamides is 1. The summed E-state index contributed by atoms with van der Waals surface area (Å²) in [4.78, 5) is 22.0. The Morgan fingerprint density at radius 3 is 2.32 bits per heavy atom. The molecule has 8 nitrogen and oxygen atoms in total. The number of aliphatic carboxylic acids is 1. The van der Waals surface area contributed by atoms with Gasteiger partial charge in [0.2, 0.25) is 10.0 Å². The zero-order valence-electron chi connectivity index (χ0n) is 11.3. The molecule has 112 valence electrons. The smallest absolute Gasteiger partial charge is 0.315 e. The molecule has 0 aliphatic carbocycles. The summed E-state index contributed by atoms with van der Waals surface area (Å²) in [5, 5.41) is 13.5. The van der Waals surface area contributed by atoms with Crippen LogP contribution in [0.25, 0.3) is 0 Å². The molecule has 0 aliphatic rings. The first-order chi connectivity index (χ1) is 8.58. The third-order valence-corrected chi connectivity index (χ3v) is 3.54. The van der Waals surface area contributed by atoms with Crippen molar-refractivity contribution in [1.82, 2.24) is 15.4 Å². The Labute approximate surface area is 113 Å². The number of hydrogen-bond donors (Lipinski definition) is 4. The van der Waals surface area contributed by atoms with Crippen LogP contribution in [0.1, 0.15) is 27.2 Å². The van der Waals surface area contributed by atoms with E-state index >= 15 is 0 Å². The molecule has 0 aliphatic heterocycles. The van der Waals surface area contributed by atoms with Gasteiger partial charge in [-0.1, -0.05) is 6.92 Å². The zero-order valence-corrected chi connectivity index (χ0v) is 12.1. The summed E-state index contributed by atoms with van der Waals surface area (Å²) in [5.74, 6) is -1.26. The monoisotopic (exact) mass is 295 g/mol. The molecule has 0 rings (SSSR count). The largest absolute Gasteiger partial charge is 0.481 e. The van der Waals surface area contributed by atoms with E-state index in [9.17, 15) is 18.0 Å². The fourth-order valence-electron chi connectivity index (χ4n) is 1.36. The van der Waals surface area contributed by atoms with E-state index in [4.69, 9.17) is 5.11 Å². The minimum absolute atomic E-state index is 0.0513. The van der Waals surface area contributed by atoms with Gasteiger partial charge < -0.3 is 15.7 Å². The molecule has 4 N–H and O–H groups in total. The molecule has 0 saturated carbocycles. The lowest BCUT2D eigenvalue weighted by atomic mass is 10.0. The minimum atomic E-state index is -3.38. The van der Waals surface area contributed by atoms with Crippen LogP contribution in [0, 0.1) is 0 Å². The van der Waals surface area contributed by atoms with E-state index in [0.717, 1.165) is 0 Å². The number of carboxylic acid groups (broad SMARTS) is 1. The molecule has 0 atom stereocenters. The van der Waals surface area contributed by atoms with Gasteiger partial charge in [0.1, 0.15) is 0 Å². The summed E-state index contributed by atoms with van der Waals surface area (Å²) in [6.45, 7) is 5.03. The van der Waals surface area contributed by atoms with Crippen LogP contribution >= 0.6 is 0 Å². The first kappa shape index (κ1) is 17.6. The number of carbonyl (C=O) groups is 2. The van der Waals surface area contributed by atoms with Crippen molar-refractivity contribution in [2.24, 2.45) is 0 Å². The third kappa shape index (κ3) is 9.25. The lowest BCUT2D eigenvalue weighted by Gasteiger charge is -2.24. The van der Waals surface area contributed by atoms with Crippen LogP contribution in [0.4, 0.5) is 4.79 Å². The molecule has 0 aromatic rings. The van der Waals surface area contributed by atoms with Gasteiger partial charge in [-0.2, -0.15) is 0 Å². The molecule has 9 heteroatoms. The minimum Gasteiger partial charge on any atom is -0.481 e. The topological polar surface area (TPSA) is 125 Å². The number of hydrogen-bond acceptors (Lipinski definition) is 4. The van der Waals surface area contributed by atoms with Crippen LogP contribution in [0.5, 0.6) is 0 Å². The van der Waals surface area contributed by atoms with Crippen LogP contribution in [0.15, 0.2) is 0 Å². The fourth-order valence-corrected chi connectivity index (χ4v) is 2.32. The maximum absolute atomic E-state index is 11.5. The predicted octanol–water partition coefficient (Wildman–Crippen LogP) is -0.522. The second-order valence-corrected chi connectivity index (χ2v) is 6.58. The summed E-state index contributed by atoms with van der Waals surface area (Å²) < 4.78 is 24.9. The molecule has 0 aromatic heterocycles. The predicted molar refractivity (Wildman–Crippen MR) is 70.3 cm³/mol. The molecule has 0 aromatic carbocycles. The van der Waals surface area contributed by atoms with Gasteiger partial charge in [-0.3, -0.25) is 4.79 Å². The molecule has 0 heterocycles. The van der Waals surface area contributed by atoms with Crippen molar-refractivity contribution in [2.75, 3.05) is 18.8 Å². The number of carboxylic acids is 1. The quantitative estimate of drug-likeness (QED) is 0.479. The highest BCUT2D eigenvalue weighted by atomic mass is 32.2. The van der Waals surface area contributed by atoms with E-state index < -0.39 is 27.6 Å². The average Bonchev–Trinajstić information content (AvgIpc) is 2.12. The van der Waals surface area contributed by atoms with Crippen molar-refractivity contribution in [3.63, 3.8) is 0 Å². The van der Waals surface area contributed by atoms with E-state index in [1.165, 1.54) is 0 Å². The Morgan fingerprint density at radius 2 is 1.84 bits per heavy atom. The average molecular weight is 295 g/mol. The highest BCUT2D eigenvalue weighted by molar-refractivity contribution is 7.89. The summed E-state index contributed by atoms with van der Waals surface area (Å²) in [6.07, 6.45) is -0.226. The molecule has 0 saturated heterocycles. The lowest BCUT2D eigenvalue weighted by molar-refractivity contribution is -0.138. The molecular weight excluding hydrogens is 274 g/mol. The Hall–Kier alpha value is -1.35. The number of rotatable bonds is 8. The maximum Gasteiger partial charge on any atom is 0.315 e. The molecular formula is C10H21N3O5S. The molecule has 0 radical (unpaired) electrons. The summed E-state index contributed by atoms with van der Waals surface area (Å²) in [7, 11) is -3.38. The lowest BCUT2D eigenvalue weighted by Crippen LogP contribution is -2.50. The van der Waals surface area contributed by atoms with Crippen LogP contribution in [-0.2, 0) is 14.8 Å². The van der Waals surface area contributed by atoms with Gasteiger partial charge in [-0.15, -0.1) is 0 Å². The summed E-state index contributed by atoms with van der Waals surface area (Å²) in [6, 6.07) is -0.599. The molecule has 0 unspecified atom stereocenters. The van der Waals surface area contributed by atoms with Crippen molar-refractivity contribution in [3.05, 3.63) is 0 Å². The Morgan fingerprint density at radius 1 is 1.26 bits per heavy atom. The molecule has 0 fully saturated rings. The van der Waals surface area contributed by atoms with Gasteiger partial charge in [-0.05, 0) is 13.8 Å². The molecule has 19 heavy (non-hydrogen) atoms. The van der Waals surface area contributed by atoms with Gasteiger partial charge in [0.15, 0.2) is 0 Å². The third-order valence-electron chi connectivity index (χ3n) is 2.07. The number of nitrogens with one attached hydrogen (secondary N) is 3. The zero-order chi connectivity index (χ0) is 15.1. The molecule has 0 spiro atoms. The van der Waals surface area contributed by atoms with Crippen LogP contribution in [-0.4, -0.2) is 49.9 Å². The second-order valence-electron chi connectivity index (χ2n) is 4.65. The number of carbonyl (C=O) groups excluding carboxylic acids is 1. The van der Waals surface area contributed by atoms with E-state index in [0.29, 0.717) is 6.54 Å². The van der Waals surface area contributed by atoms with E-state index in [2.05, 4.69) is 15.4 Å². The fraction of sp³-hybridized carbons (Fsp3) is 0.800. The normalized spacial score (nSPS) is 11.9. The van der Waals surface area contributed by atoms with Crippen molar-refractivity contribution >= 4 is 22.0 Å². The summed E-state index contributed by atoms with van der Waals surface area (Å²) >= 11 is 0. The van der Waals surface area contributed by atoms with Crippen LogP contribution in [0.2, 0.25) is 0 Å². The van der Waals surface area contributed by atoms with E-state index in [-0.39, 0.29) is 18.7 Å². The van der Waals surface area contributed by atoms with Crippen molar-refractivity contribution < 1.29 is 23.1 Å². The van der Waals surface area contributed by atoms with Crippen molar-refractivity contribution in [2.45, 2.75) is 32.7 Å². The van der Waals surface area contributed by atoms with Gasteiger partial charge in [0, 0.05) is 18.6 Å². The van der Waals surface area contributed by atoms with Gasteiger partial charge in [-0.25, -0.2) is 17.9 Å². The highest BCUT2D eigenvalue weighted by Gasteiger charge is 2.23. The number of urea groups is 1. The first-order valence-corrected chi connectivity index (χ1v) is 7.48. The standard InChI is InChI=1S/C10H21N3O5S/c1-4-12-19(17,18)6-5-11-9(16)13-10(2,3)7-8(14)15/h12H,4-7H2,1-3H3,(H,14,15)(H2,11,13,16). The van der Waals surface area contributed by atoms with Crippen molar-refractivity contribution in [3.8, 4) is 0 Å². The van der Waals surface area contributed by atoms with Crippen LogP contribution in [0.3, 0.4) is 0 Å². The molecule has 0 bridgehead atoms. The SMILES string of the molecule is CCNS(=O)(=O)CCNC(=O)NC(C)(C)CC(=O)O. The van der Waals surface area contributed by atoms with E-state index in [1.807, 2.05) is 0 Å². The maximum atomic E-state index is 11.5. The Bertz CT molecular complexity index is 419. The Kier molecular flexibility index (Phi) is 6.77. The van der Waals surface area contributed by atoms with Gasteiger partial charge >= 0.3 is 12.0 Å². The summed E-state index contributed by atoms with van der Waals surface area (Å²) in [5.41, 5.74) is -0.906.